The van der Waals surface area contributed by atoms with E-state index in [-0.39, 0.29) is 10.8 Å². The fourth-order valence-electron chi connectivity index (χ4n) is 9.11. The van der Waals surface area contributed by atoms with Gasteiger partial charge in [-0.1, -0.05) is 39.3 Å². The van der Waals surface area contributed by atoms with Gasteiger partial charge >= 0.3 is 0 Å². The van der Waals surface area contributed by atoms with Crippen LogP contribution >= 0.6 is 0 Å². The van der Waals surface area contributed by atoms with Gasteiger partial charge in [0.25, 0.3) is 0 Å². The Labute approximate surface area is 197 Å². The third-order valence-electron chi connectivity index (χ3n) is 11.2. The van der Waals surface area contributed by atoms with Crippen LogP contribution in [-0.2, 0) is 0 Å². The molecule has 0 bridgehead atoms. The summed E-state index contributed by atoms with van der Waals surface area (Å²) in [6.07, 6.45) is 12.5. The van der Waals surface area contributed by atoms with Gasteiger partial charge < -0.3 is 15.3 Å². The van der Waals surface area contributed by atoms with Crippen LogP contribution in [0.15, 0.2) is 11.6 Å². The van der Waals surface area contributed by atoms with Crippen LogP contribution in [0.2, 0.25) is 0 Å². The number of rotatable bonds is 5. The number of aliphatic hydroxyl groups is 3. The summed E-state index contributed by atoms with van der Waals surface area (Å²) >= 11 is 0. The Morgan fingerprint density at radius 3 is 2.34 bits per heavy atom. The van der Waals surface area contributed by atoms with Crippen LogP contribution in [-0.4, -0.2) is 32.1 Å². The van der Waals surface area contributed by atoms with Crippen LogP contribution in [0.25, 0.3) is 0 Å². The molecular weight excluding hydrogens is 396 g/mol. The second-order valence-corrected chi connectivity index (χ2v) is 13.9. The average molecular weight is 447 g/mol. The summed E-state index contributed by atoms with van der Waals surface area (Å²) < 4.78 is 0. The van der Waals surface area contributed by atoms with Crippen molar-refractivity contribution in [2.24, 2.45) is 40.4 Å². The maximum absolute atomic E-state index is 11.9. The Bertz CT molecular complexity index is 748. The van der Waals surface area contributed by atoms with Crippen molar-refractivity contribution in [2.75, 3.05) is 0 Å². The molecule has 4 unspecified atom stereocenters. The molecule has 4 rings (SSSR count). The minimum absolute atomic E-state index is 0.125. The molecule has 3 N–H and O–H groups in total. The Balaban J connectivity index is 1.62. The fraction of sp³-hybridized carbons (Fsp3) is 0.931. The van der Waals surface area contributed by atoms with Crippen molar-refractivity contribution in [3.63, 3.8) is 0 Å². The molecule has 0 aromatic heterocycles. The smallest absolute Gasteiger partial charge is 0.0836 e. The zero-order valence-corrected chi connectivity index (χ0v) is 21.9. The molecule has 3 saturated carbocycles. The van der Waals surface area contributed by atoms with Gasteiger partial charge in [-0.2, -0.15) is 0 Å². The molecule has 0 saturated heterocycles. The molecular formula is C29H50O3. The lowest BCUT2D eigenvalue weighted by atomic mass is 9.43. The molecule has 4 aliphatic carbocycles. The first-order valence-corrected chi connectivity index (χ1v) is 13.5. The zero-order chi connectivity index (χ0) is 23.7. The van der Waals surface area contributed by atoms with Gasteiger partial charge in [-0.05, 0) is 125 Å². The first-order chi connectivity index (χ1) is 14.7. The summed E-state index contributed by atoms with van der Waals surface area (Å²) in [7, 11) is 0. The van der Waals surface area contributed by atoms with Gasteiger partial charge in [0, 0.05) is 0 Å². The lowest BCUT2D eigenvalue weighted by Crippen LogP contribution is -2.59. The van der Waals surface area contributed by atoms with Crippen molar-refractivity contribution in [1.82, 2.24) is 0 Å². The lowest BCUT2D eigenvalue weighted by molar-refractivity contribution is -0.140. The summed E-state index contributed by atoms with van der Waals surface area (Å²) in [6.45, 7) is 15.4. The summed E-state index contributed by atoms with van der Waals surface area (Å²) in [4.78, 5) is 0. The third kappa shape index (κ3) is 3.93. The van der Waals surface area contributed by atoms with Crippen molar-refractivity contribution in [3.05, 3.63) is 11.6 Å². The molecule has 184 valence electrons. The van der Waals surface area contributed by atoms with Crippen LogP contribution in [0.4, 0.5) is 0 Å². The molecule has 3 fully saturated rings. The van der Waals surface area contributed by atoms with Crippen LogP contribution < -0.4 is 0 Å². The molecule has 9 atom stereocenters. The Hall–Kier alpha value is -0.380. The van der Waals surface area contributed by atoms with Crippen LogP contribution in [0.3, 0.4) is 0 Å². The van der Waals surface area contributed by atoms with E-state index in [2.05, 4.69) is 40.7 Å². The highest BCUT2D eigenvalue weighted by Gasteiger charge is 2.64. The zero-order valence-electron chi connectivity index (χ0n) is 21.9. The van der Waals surface area contributed by atoms with E-state index in [0.717, 1.165) is 38.5 Å². The van der Waals surface area contributed by atoms with Crippen molar-refractivity contribution in [2.45, 2.75) is 129 Å². The predicted molar refractivity (Wildman–Crippen MR) is 131 cm³/mol. The van der Waals surface area contributed by atoms with E-state index >= 15 is 0 Å². The summed E-state index contributed by atoms with van der Waals surface area (Å²) in [5, 5.41) is 33.2. The maximum Gasteiger partial charge on any atom is 0.0836 e. The monoisotopic (exact) mass is 446 g/mol. The number of fused-ring (bicyclic) bond motifs is 5. The summed E-state index contributed by atoms with van der Waals surface area (Å²) in [6, 6.07) is 0. The van der Waals surface area contributed by atoms with Crippen molar-refractivity contribution < 1.29 is 15.3 Å². The first kappa shape index (κ1) is 24.7. The van der Waals surface area contributed by atoms with Gasteiger partial charge in [0.2, 0.25) is 0 Å². The van der Waals surface area contributed by atoms with E-state index in [1.165, 1.54) is 31.3 Å². The summed E-state index contributed by atoms with van der Waals surface area (Å²) in [5.41, 5.74) is -0.231. The summed E-state index contributed by atoms with van der Waals surface area (Å²) in [5.74, 6) is 2.68. The maximum atomic E-state index is 11.9. The van der Waals surface area contributed by atoms with E-state index in [9.17, 15) is 15.3 Å². The molecule has 4 aliphatic rings. The standard InChI is InChI=1S/C29H50O3/c1-8-29(32)16-15-26(5)20(18-29)17-28(7,31)24-22-10-9-21(19(2)11-13-25(3,4)30)27(22,6)14-12-23(24)26/h17,19,21-24,30-32H,8-16,18H2,1-7H3/t19-,21-,22+,23+,24?,26?,27?,28?,29+/m1/s1. The molecule has 0 aromatic carbocycles. The quantitative estimate of drug-likeness (QED) is 0.437. The SMILES string of the molecule is CC[C@]1(O)CCC2(C)C(=CC(C)(O)C3[C@@H]2CCC2(C)[C@@H]([C@H](C)CCC(C)(C)O)CC[C@@H]32)C1. The topological polar surface area (TPSA) is 60.7 Å². The van der Waals surface area contributed by atoms with Crippen LogP contribution in [0, 0.1) is 40.4 Å². The highest BCUT2D eigenvalue weighted by Crippen LogP contribution is 2.69. The van der Waals surface area contributed by atoms with Crippen LogP contribution in [0.5, 0.6) is 0 Å². The average Bonchev–Trinajstić information content (AvgIpc) is 3.04. The van der Waals surface area contributed by atoms with Crippen molar-refractivity contribution in [3.8, 4) is 0 Å². The molecule has 0 heterocycles. The van der Waals surface area contributed by atoms with E-state index < -0.39 is 16.8 Å². The predicted octanol–water partition coefficient (Wildman–Crippen LogP) is 6.25. The molecule has 0 aliphatic heterocycles. The second-order valence-electron chi connectivity index (χ2n) is 13.9. The Morgan fingerprint density at radius 1 is 1.03 bits per heavy atom. The molecule has 3 nitrogen and oxygen atoms in total. The van der Waals surface area contributed by atoms with Crippen molar-refractivity contribution in [1.29, 1.82) is 0 Å². The van der Waals surface area contributed by atoms with E-state index in [1.807, 2.05) is 13.8 Å². The van der Waals surface area contributed by atoms with Gasteiger partial charge in [0.15, 0.2) is 0 Å². The number of hydrogen-bond acceptors (Lipinski definition) is 3. The first-order valence-electron chi connectivity index (χ1n) is 13.5. The third-order valence-corrected chi connectivity index (χ3v) is 11.2. The lowest BCUT2D eigenvalue weighted by Gasteiger charge is -2.62. The van der Waals surface area contributed by atoms with Crippen molar-refractivity contribution >= 4 is 0 Å². The number of hydrogen-bond donors (Lipinski definition) is 3. The van der Waals surface area contributed by atoms with Gasteiger partial charge in [-0.3, -0.25) is 0 Å². The highest BCUT2D eigenvalue weighted by atomic mass is 16.3. The Morgan fingerprint density at radius 2 is 1.72 bits per heavy atom. The molecule has 32 heavy (non-hydrogen) atoms. The van der Waals surface area contributed by atoms with Gasteiger partial charge in [-0.25, -0.2) is 0 Å². The highest BCUT2D eigenvalue weighted by molar-refractivity contribution is 5.32. The van der Waals surface area contributed by atoms with E-state index in [1.54, 1.807) is 0 Å². The van der Waals surface area contributed by atoms with E-state index in [4.69, 9.17) is 0 Å². The minimum atomic E-state index is -0.789. The van der Waals surface area contributed by atoms with Crippen LogP contribution in [0.1, 0.15) is 113 Å². The van der Waals surface area contributed by atoms with Gasteiger partial charge in [-0.15, -0.1) is 0 Å². The molecule has 0 spiro atoms. The Kier molecular flexibility index (Phi) is 6.04. The van der Waals surface area contributed by atoms with Gasteiger partial charge in [0.1, 0.15) is 0 Å². The largest absolute Gasteiger partial charge is 0.390 e. The molecule has 0 amide bonds. The fourth-order valence-corrected chi connectivity index (χ4v) is 9.11. The molecule has 3 heteroatoms. The second kappa shape index (κ2) is 7.82. The minimum Gasteiger partial charge on any atom is -0.390 e. The van der Waals surface area contributed by atoms with E-state index in [0.29, 0.717) is 29.6 Å². The molecule has 0 radical (unpaired) electrons. The van der Waals surface area contributed by atoms with Gasteiger partial charge in [0.05, 0.1) is 16.8 Å². The normalized spacial score (nSPS) is 49.6. The molecule has 0 aromatic rings.